The Morgan fingerprint density at radius 2 is 2.19 bits per heavy atom. The zero-order chi connectivity index (χ0) is 11.6. The van der Waals surface area contributed by atoms with Crippen molar-refractivity contribution in [3.8, 4) is 0 Å². The lowest BCUT2D eigenvalue weighted by molar-refractivity contribution is 0.592. The van der Waals surface area contributed by atoms with Gasteiger partial charge >= 0.3 is 0 Å². The molecule has 8 heteroatoms. The second-order valence-corrected chi connectivity index (χ2v) is 4.56. The van der Waals surface area contributed by atoms with Crippen molar-refractivity contribution in [2.45, 2.75) is 4.90 Å². The summed E-state index contributed by atoms with van der Waals surface area (Å²) in [6, 6.07) is 0.873. The fourth-order valence-corrected chi connectivity index (χ4v) is 2.00. The summed E-state index contributed by atoms with van der Waals surface area (Å²) in [7, 11) is -3.85. The Morgan fingerprint density at radius 1 is 1.38 bits per heavy atom. The van der Waals surface area contributed by atoms with E-state index in [-0.39, 0.29) is 10.8 Å². The van der Waals surface area contributed by atoms with Gasteiger partial charge in [0.15, 0.2) is 0 Å². The van der Waals surface area contributed by atoms with Crippen LogP contribution < -0.4 is 4.72 Å². The van der Waals surface area contributed by atoms with Crippen molar-refractivity contribution in [3.05, 3.63) is 36.7 Å². The third-order valence-corrected chi connectivity index (χ3v) is 3.03. The highest BCUT2D eigenvalue weighted by molar-refractivity contribution is 7.92. The average Bonchev–Trinajstić information content (AvgIpc) is 2.70. The van der Waals surface area contributed by atoms with E-state index in [9.17, 15) is 12.8 Å². The first-order chi connectivity index (χ1) is 7.58. The van der Waals surface area contributed by atoms with E-state index in [1.165, 1.54) is 12.4 Å². The SMILES string of the molecule is O=S(=O)(Nc1ncc[nH]1)c1cncc(F)c1. The molecule has 0 spiro atoms. The molecule has 2 heterocycles. The van der Waals surface area contributed by atoms with Crippen molar-refractivity contribution < 1.29 is 12.8 Å². The molecule has 0 aliphatic rings. The van der Waals surface area contributed by atoms with Crippen LogP contribution in [0.1, 0.15) is 0 Å². The minimum absolute atomic E-state index is 0.0595. The van der Waals surface area contributed by atoms with Crippen molar-refractivity contribution in [2.75, 3.05) is 4.72 Å². The number of aromatic nitrogens is 3. The van der Waals surface area contributed by atoms with E-state index in [0.29, 0.717) is 0 Å². The van der Waals surface area contributed by atoms with Gasteiger partial charge in [-0.05, 0) is 6.07 Å². The predicted molar refractivity (Wildman–Crippen MR) is 53.6 cm³/mol. The summed E-state index contributed by atoms with van der Waals surface area (Å²) >= 11 is 0. The molecule has 84 valence electrons. The number of rotatable bonds is 3. The summed E-state index contributed by atoms with van der Waals surface area (Å²) in [5.41, 5.74) is 0. The van der Waals surface area contributed by atoms with Gasteiger partial charge in [-0.15, -0.1) is 0 Å². The summed E-state index contributed by atoms with van der Waals surface area (Å²) < 4.78 is 38.3. The molecule has 16 heavy (non-hydrogen) atoms. The van der Waals surface area contributed by atoms with Crippen molar-refractivity contribution in [1.82, 2.24) is 15.0 Å². The van der Waals surface area contributed by atoms with Crippen LogP contribution in [0.3, 0.4) is 0 Å². The number of halogens is 1. The van der Waals surface area contributed by atoms with Crippen LogP contribution in [0, 0.1) is 5.82 Å². The number of pyridine rings is 1. The van der Waals surface area contributed by atoms with Crippen LogP contribution in [0.15, 0.2) is 35.7 Å². The lowest BCUT2D eigenvalue weighted by atomic mass is 10.5. The quantitative estimate of drug-likeness (QED) is 0.831. The molecule has 0 saturated carbocycles. The number of aromatic amines is 1. The first-order valence-corrected chi connectivity index (χ1v) is 5.69. The second-order valence-electron chi connectivity index (χ2n) is 2.88. The number of nitrogens with one attached hydrogen (secondary N) is 2. The van der Waals surface area contributed by atoms with E-state index >= 15 is 0 Å². The normalized spacial score (nSPS) is 11.3. The van der Waals surface area contributed by atoms with Crippen molar-refractivity contribution in [1.29, 1.82) is 0 Å². The predicted octanol–water partition coefficient (Wildman–Crippen LogP) is 0.745. The smallest absolute Gasteiger partial charge is 0.265 e. The maximum Gasteiger partial charge on any atom is 0.265 e. The van der Waals surface area contributed by atoms with Crippen LogP contribution in [0.2, 0.25) is 0 Å². The fraction of sp³-hybridized carbons (Fsp3) is 0. The summed E-state index contributed by atoms with van der Waals surface area (Å²) in [4.78, 5) is 9.45. The molecule has 0 aliphatic heterocycles. The van der Waals surface area contributed by atoms with Crippen molar-refractivity contribution in [2.24, 2.45) is 0 Å². The molecule has 2 aromatic heterocycles. The van der Waals surface area contributed by atoms with Gasteiger partial charge in [0.05, 0.1) is 6.20 Å². The highest BCUT2D eigenvalue weighted by Crippen LogP contribution is 2.12. The molecule has 0 unspecified atom stereocenters. The maximum absolute atomic E-state index is 12.8. The highest BCUT2D eigenvalue weighted by atomic mass is 32.2. The van der Waals surface area contributed by atoms with Crippen LogP contribution in [-0.4, -0.2) is 23.4 Å². The van der Waals surface area contributed by atoms with Gasteiger partial charge in [-0.25, -0.2) is 22.5 Å². The minimum atomic E-state index is -3.85. The van der Waals surface area contributed by atoms with Crippen LogP contribution >= 0.6 is 0 Å². The van der Waals surface area contributed by atoms with E-state index < -0.39 is 15.8 Å². The second kappa shape index (κ2) is 3.89. The lowest BCUT2D eigenvalue weighted by Gasteiger charge is -2.04. The van der Waals surface area contributed by atoms with Gasteiger partial charge in [-0.2, -0.15) is 0 Å². The molecule has 0 radical (unpaired) electrons. The maximum atomic E-state index is 12.8. The van der Waals surface area contributed by atoms with Gasteiger partial charge in [0.25, 0.3) is 10.0 Å². The molecule has 0 saturated heterocycles. The molecule has 2 N–H and O–H groups in total. The standard InChI is InChI=1S/C8H7FN4O2S/c9-6-3-7(5-10-4-6)16(14,15)13-8-11-1-2-12-8/h1-5H,(H2,11,12,13). The van der Waals surface area contributed by atoms with Gasteiger partial charge in [0.2, 0.25) is 5.95 Å². The molecule has 2 rings (SSSR count). The van der Waals surface area contributed by atoms with E-state index in [1.807, 2.05) is 0 Å². The van der Waals surface area contributed by atoms with E-state index in [4.69, 9.17) is 0 Å². The topological polar surface area (TPSA) is 87.7 Å². The third-order valence-electron chi connectivity index (χ3n) is 1.72. The molecule has 0 aromatic carbocycles. The van der Waals surface area contributed by atoms with Gasteiger partial charge in [-0.1, -0.05) is 0 Å². The zero-order valence-corrected chi connectivity index (χ0v) is 8.70. The molecule has 0 atom stereocenters. The molecule has 0 amide bonds. The number of H-pyrrole nitrogens is 1. The first-order valence-electron chi connectivity index (χ1n) is 4.21. The largest absolute Gasteiger partial charge is 0.330 e. The Bertz CT molecular complexity index is 582. The number of hydrogen-bond donors (Lipinski definition) is 2. The number of hydrogen-bond acceptors (Lipinski definition) is 4. The fourth-order valence-electron chi connectivity index (χ4n) is 1.05. The summed E-state index contributed by atoms with van der Waals surface area (Å²) in [5.74, 6) is -0.661. The molecule has 0 fully saturated rings. The summed E-state index contributed by atoms with van der Waals surface area (Å²) in [6.07, 6.45) is 4.82. The van der Waals surface area contributed by atoms with Gasteiger partial charge in [-0.3, -0.25) is 4.98 Å². The van der Waals surface area contributed by atoms with Gasteiger partial charge in [0.1, 0.15) is 10.7 Å². The molecule has 0 aliphatic carbocycles. The minimum Gasteiger partial charge on any atom is -0.330 e. The molecular weight excluding hydrogens is 235 g/mol. The van der Waals surface area contributed by atoms with Gasteiger partial charge in [0, 0.05) is 18.6 Å². The first kappa shape index (κ1) is 10.6. The van der Waals surface area contributed by atoms with Crippen molar-refractivity contribution >= 4 is 16.0 Å². The number of anilines is 1. The van der Waals surface area contributed by atoms with E-state index in [0.717, 1.165) is 18.5 Å². The summed E-state index contributed by atoms with van der Waals surface area (Å²) in [5, 5.41) is 0. The van der Waals surface area contributed by atoms with Crippen molar-refractivity contribution in [3.63, 3.8) is 0 Å². The number of sulfonamides is 1. The van der Waals surface area contributed by atoms with Crippen LogP contribution in [0.25, 0.3) is 0 Å². The Labute approximate surface area is 90.6 Å². The summed E-state index contributed by atoms with van der Waals surface area (Å²) in [6.45, 7) is 0. The molecular formula is C8H7FN4O2S. The van der Waals surface area contributed by atoms with Crippen LogP contribution in [0.5, 0.6) is 0 Å². The number of nitrogens with zero attached hydrogens (tertiary/aromatic N) is 2. The zero-order valence-electron chi connectivity index (χ0n) is 7.88. The Hall–Kier alpha value is -1.96. The molecule has 0 bridgehead atoms. The third kappa shape index (κ3) is 2.16. The monoisotopic (exact) mass is 242 g/mol. The molecule has 6 nitrogen and oxygen atoms in total. The highest BCUT2D eigenvalue weighted by Gasteiger charge is 2.16. The Kier molecular flexibility index (Phi) is 2.57. The van der Waals surface area contributed by atoms with Gasteiger partial charge < -0.3 is 4.98 Å². The number of imidazole rings is 1. The lowest BCUT2D eigenvalue weighted by Crippen LogP contribution is -2.14. The van der Waals surface area contributed by atoms with E-state index in [1.54, 1.807) is 0 Å². The molecule has 2 aromatic rings. The average molecular weight is 242 g/mol. The Balaban J connectivity index is 2.33. The van der Waals surface area contributed by atoms with Crippen LogP contribution in [-0.2, 0) is 10.0 Å². The van der Waals surface area contributed by atoms with E-state index in [2.05, 4.69) is 19.7 Å². The van der Waals surface area contributed by atoms with Crippen LogP contribution in [0.4, 0.5) is 10.3 Å². The Morgan fingerprint density at radius 3 is 2.81 bits per heavy atom.